The average Bonchev–Trinajstić information content (AvgIpc) is 3.34. The van der Waals surface area contributed by atoms with Crippen LogP contribution in [0.2, 0.25) is 0 Å². The summed E-state index contributed by atoms with van der Waals surface area (Å²) in [6.07, 6.45) is 5.95. The first-order valence-corrected chi connectivity index (χ1v) is 10.9. The number of benzene rings is 1. The Labute approximate surface area is 170 Å². The molecule has 2 heterocycles. The molecule has 0 radical (unpaired) electrons. The van der Waals surface area contributed by atoms with Crippen LogP contribution in [0, 0.1) is 29.1 Å². The van der Waals surface area contributed by atoms with Gasteiger partial charge in [0.1, 0.15) is 10.5 Å². The Kier molecular flexibility index (Phi) is 5.40. The number of aromatic nitrogens is 1. The van der Waals surface area contributed by atoms with Gasteiger partial charge in [-0.05, 0) is 56.6 Å². The van der Waals surface area contributed by atoms with Crippen molar-refractivity contribution in [3.63, 3.8) is 0 Å². The second kappa shape index (κ2) is 7.95. The summed E-state index contributed by atoms with van der Waals surface area (Å²) in [5.74, 6) is 7.16. The molecule has 28 heavy (non-hydrogen) atoms. The smallest absolute Gasteiger partial charge is 0.187 e. The standard InChI is InChI=1S/C23H25N3OS/c1-17-9-14-26(15-10-17)22-25-21(19-6-4-18(16-24)5-7-19)20(28-22)8-13-23(27)11-2-3-12-23/h4-7,17,27H,2-3,9-12,14-15H2,1H3. The summed E-state index contributed by atoms with van der Waals surface area (Å²) in [4.78, 5) is 8.19. The molecule has 1 saturated heterocycles. The molecule has 1 aliphatic carbocycles. The van der Waals surface area contributed by atoms with E-state index in [4.69, 9.17) is 10.2 Å². The number of thiazole rings is 1. The minimum absolute atomic E-state index is 0.636. The van der Waals surface area contributed by atoms with E-state index in [0.717, 1.165) is 66.0 Å². The van der Waals surface area contributed by atoms with Crippen LogP contribution < -0.4 is 4.90 Å². The Morgan fingerprint density at radius 3 is 2.50 bits per heavy atom. The van der Waals surface area contributed by atoms with Gasteiger partial charge in [0.05, 0.1) is 17.3 Å². The summed E-state index contributed by atoms with van der Waals surface area (Å²) in [5, 5.41) is 20.7. The number of rotatable bonds is 2. The highest BCUT2D eigenvalue weighted by atomic mass is 32.1. The van der Waals surface area contributed by atoms with E-state index in [-0.39, 0.29) is 0 Å². The Bertz CT molecular complexity index is 931. The minimum Gasteiger partial charge on any atom is -0.378 e. The van der Waals surface area contributed by atoms with Gasteiger partial charge in [-0.15, -0.1) is 0 Å². The zero-order chi connectivity index (χ0) is 19.6. The summed E-state index contributed by atoms with van der Waals surface area (Å²) in [7, 11) is 0. The van der Waals surface area contributed by atoms with Crippen LogP contribution in [0.3, 0.4) is 0 Å². The molecule has 1 aromatic carbocycles. The molecular weight excluding hydrogens is 366 g/mol. The molecule has 4 nitrogen and oxygen atoms in total. The minimum atomic E-state index is -0.855. The van der Waals surface area contributed by atoms with Crippen molar-refractivity contribution in [2.45, 2.75) is 51.0 Å². The maximum absolute atomic E-state index is 10.6. The fraction of sp³-hybridized carbons (Fsp3) is 0.478. The number of aliphatic hydroxyl groups is 1. The number of hydrogen-bond acceptors (Lipinski definition) is 5. The van der Waals surface area contributed by atoms with Crippen LogP contribution in [0.25, 0.3) is 11.3 Å². The van der Waals surface area contributed by atoms with Crippen LogP contribution in [-0.2, 0) is 0 Å². The van der Waals surface area contributed by atoms with Gasteiger partial charge < -0.3 is 10.0 Å². The third-order valence-electron chi connectivity index (χ3n) is 5.80. The number of nitriles is 1. The molecule has 0 bridgehead atoms. The van der Waals surface area contributed by atoms with Crippen LogP contribution in [0.15, 0.2) is 24.3 Å². The largest absolute Gasteiger partial charge is 0.378 e. The molecule has 0 amide bonds. The highest BCUT2D eigenvalue weighted by Crippen LogP contribution is 2.35. The van der Waals surface area contributed by atoms with Crippen molar-refractivity contribution >= 4 is 16.5 Å². The molecule has 2 fully saturated rings. The maximum Gasteiger partial charge on any atom is 0.187 e. The monoisotopic (exact) mass is 391 g/mol. The van der Waals surface area contributed by atoms with Gasteiger partial charge in [0.2, 0.25) is 0 Å². The second-order valence-electron chi connectivity index (χ2n) is 8.02. The Hall–Kier alpha value is -2.34. The highest BCUT2D eigenvalue weighted by Gasteiger charge is 2.29. The molecule has 4 rings (SSSR count). The summed E-state index contributed by atoms with van der Waals surface area (Å²) < 4.78 is 0. The van der Waals surface area contributed by atoms with Crippen LogP contribution >= 0.6 is 11.3 Å². The average molecular weight is 392 g/mol. The predicted molar refractivity (Wildman–Crippen MR) is 113 cm³/mol. The lowest BCUT2D eigenvalue weighted by Gasteiger charge is -2.29. The number of nitrogens with zero attached hydrogens (tertiary/aromatic N) is 3. The van der Waals surface area contributed by atoms with E-state index in [1.165, 1.54) is 12.8 Å². The van der Waals surface area contributed by atoms with Crippen molar-refractivity contribution in [1.29, 1.82) is 5.26 Å². The highest BCUT2D eigenvalue weighted by molar-refractivity contribution is 7.16. The molecule has 144 valence electrons. The van der Waals surface area contributed by atoms with E-state index < -0.39 is 5.60 Å². The van der Waals surface area contributed by atoms with Crippen molar-refractivity contribution in [2.75, 3.05) is 18.0 Å². The van der Waals surface area contributed by atoms with Crippen molar-refractivity contribution in [3.8, 4) is 29.2 Å². The Morgan fingerprint density at radius 2 is 1.86 bits per heavy atom. The fourth-order valence-electron chi connectivity index (χ4n) is 3.88. The lowest BCUT2D eigenvalue weighted by molar-refractivity contribution is 0.110. The molecule has 0 atom stereocenters. The van der Waals surface area contributed by atoms with E-state index in [0.29, 0.717) is 5.56 Å². The van der Waals surface area contributed by atoms with Gasteiger partial charge in [-0.25, -0.2) is 4.98 Å². The zero-order valence-electron chi connectivity index (χ0n) is 16.2. The SMILES string of the molecule is CC1CCN(c2nc(-c3ccc(C#N)cc3)c(C#CC3(O)CCCC3)s2)CC1. The van der Waals surface area contributed by atoms with Gasteiger partial charge in [-0.2, -0.15) is 5.26 Å². The lowest BCUT2D eigenvalue weighted by atomic mass is 10.00. The molecule has 1 aromatic heterocycles. The van der Waals surface area contributed by atoms with Gasteiger partial charge in [-0.3, -0.25) is 0 Å². The number of piperidine rings is 1. The van der Waals surface area contributed by atoms with Gasteiger partial charge in [-0.1, -0.05) is 42.2 Å². The van der Waals surface area contributed by atoms with E-state index in [2.05, 4.69) is 29.7 Å². The molecule has 5 heteroatoms. The Balaban J connectivity index is 1.69. The molecule has 0 unspecified atom stereocenters. The van der Waals surface area contributed by atoms with Crippen LogP contribution in [0.1, 0.15) is 55.9 Å². The normalized spacial score (nSPS) is 19.1. The van der Waals surface area contributed by atoms with Gasteiger partial charge >= 0.3 is 0 Å². The quantitative estimate of drug-likeness (QED) is 0.762. The molecule has 1 saturated carbocycles. The van der Waals surface area contributed by atoms with Crippen LogP contribution in [0.4, 0.5) is 5.13 Å². The second-order valence-corrected chi connectivity index (χ2v) is 9.00. The summed E-state index contributed by atoms with van der Waals surface area (Å²) in [6.45, 7) is 4.36. The van der Waals surface area contributed by atoms with Crippen molar-refractivity contribution < 1.29 is 5.11 Å². The first kappa shape index (κ1) is 19.0. The Morgan fingerprint density at radius 1 is 1.18 bits per heavy atom. The molecule has 0 spiro atoms. The first-order valence-electron chi connectivity index (χ1n) is 10.1. The van der Waals surface area contributed by atoms with Gasteiger partial charge in [0.15, 0.2) is 5.13 Å². The molecular formula is C23H25N3OS. The predicted octanol–water partition coefficient (Wildman–Crippen LogP) is 4.57. The third kappa shape index (κ3) is 4.07. The van der Waals surface area contributed by atoms with Crippen molar-refractivity contribution in [1.82, 2.24) is 4.98 Å². The van der Waals surface area contributed by atoms with Gasteiger partial charge in [0, 0.05) is 18.7 Å². The summed E-state index contributed by atoms with van der Waals surface area (Å²) >= 11 is 1.62. The summed E-state index contributed by atoms with van der Waals surface area (Å²) in [6, 6.07) is 9.67. The van der Waals surface area contributed by atoms with Gasteiger partial charge in [0.25, 0.3) is 0 Å². The van der Waals surface area contributed by atoms with E-state index in [1.54, 1.807) is 11.3 Å². The number of hydrogen-bond donors (Lipinski definition) is 1. The third-order valence-corrected chi connectivity index (χ3v) is 6.83. The number of anilines is 1. The van der Waals surface area contributed by atoms with Crippen molar-refractivity contribution in [3.05, 3.63) is 34.7 Å². The van der Waals surface area contributed by atoms with Crippen molar-refractivity contribution in [2.24, 2.45) is 5.92 Å². The zero-order valence-corrected chi connectivity index (χ0v) is 17.1. The first-order chi connectivity index (χ1) is 13.6. The fourth-order valence-corrected chi connectivity index (χ4v) is 4.88. The molecule has 1 N–H and O–H groups in total. The van der Waals surface area contributed by atoms with Crippen LogP contribution in [-0.4, -0.2) is 28.8 Å². The van der Waals surface area contributed by atoms with E-state index in [9.17, 15) is 5.11 Å². The lowest BCUT2D eigenvalue weighted by Crippen LogP contribution is -2.32. The molecule has 2 aliphatic rings. The maximum atomic E-state index is 10.6. The topological polar surface area (TPSA) is 60.2 Å². The molecule has 1 aliphatic heterocycles. The molecule has 2 aromatic rings. The van der Waals surface area contributed by atoms with E-state index >= 15 is 0 Å². The van der Waals surface area contributed by atoms with E-state index in [1.807, 2.05) is 24.3 Å². The summed E-state index contributed by atoms with van der Waals surface area (Å²) in [5.41, 5.74) is 1.61. The van der Waals surface area contributed by atoms with Crippen LogP contribution in [0.5, 0.6) is 0 Å².